The molecule has 0 aromatic heterocycles. The summed E-state index contributed by atoms with van der Waals surface area (Å²) in [7, 11) is 0. The number of rotatable bonds is 5. The average Bonchev–Trinajstić information content (AvgIpc) is 2.64. The van der Waals surface area contributed by atoms with Gasteiger partial charge in [0.2, 0.25) is 5.91 Å². The molecular formula is C22H25N3O2. The maximum atomic E-state index is 12.3. The highest BCUT2D eigenvalue weighted by Crippen LogP contribution is 2.22. The number of hydrogen-bond acceptors (Lipinski definition) is 3. The molecule has 0 spiro atoms. The number of carbonyl (C=O) groups is 2. The maximum absolute atomic E-state index is 12.3. The van der Waals surface area contributed by atoms with Crippen LogP contribution < -0.4 is 10.2 Å². The van der Waals surface area contributed by atoms with Crippen molar-refractivity contribution in [2.75, 3.05) is 18.0 Å². The van der Waals surface area contributed by atoms with Gasteiger partial charge in [-0.1, -0.05) is 39.0 Å². The fraction of sp³-hybridized carbons (Fsp3) is 0.318. The molecule has 27 heavy (non-hydrogen) atoms. The van der Waals surface area contributed by atoms with Crippen LogP contribution in [0.4, 0.5) is 5.69 Å². The second-order valence-corrected chi connectivity index (χ2v) is 7.42. The predicted octanol–water partition coefficient (Wildman–Crippen LogP) is 3.64. The molecule has 2 rings (SSSR count). The Bertz CT molecular complexity index is 858. The third-order valence-corrected chi connectivity index (χ3v) is 4.30. The standard InChI is InChI=1S/C22H25N3O2/c1-16(26)25(20-7-5-6-17(14-20)15-23)13-12-24-21(27)18-8-10-19(11-9-18)22(2,3)4/h5-11,14H,12-13H2,1-4H3,(H,24,27). The third-order valence-electron chi connectivity index (χ3n) is 4.30. The van der Waals surface area contributed by atoms with Gasteiger partial charge in [0.15, 0.2) is 0 Å². The molecule has 0 fully saturated rings. The van der Waals surface area contributed by atoms with Gasteiger partial charge < -0.3 is 10.2 Å². The van der Waals surface area contributed by atoms with Gasteiger partial charge >= 0.3 is 0 Å². The van der Waals surface area contributed by atoms with Gasteiger partial charge in [0.25, 0.3) is 5.91 Å². The highest BCUT2D eigenvalue weighted by molar-refractivity contribution is 5.94. The minimum Gasteiger partial charge on any atom is -0.350 e. The first-order chi connectivity index (χ1) is 12.7. The number of carbonyl (C=O) groups excluding carboxylic acids is 2. The van der Waals surface area contributed by atoms with Gasteiger partial charge in [-0.2, -0.15) is 5.26 Å². The van der Waals surface area contributed by atoms with Crippen LogP contribution in [0.1, 0.15) is 49.2 Å². The van der Waals surface area contributed by atoms with Gasteiger partial charge in [0, 0.05) is 31.3 Å². The van der Waals surface area contributed by atoms with Crippen LogP contribution in [0.15, 0.2) is 48.5 Å². The number of amides is 2. The predicted molar refractivity (Wildman–Crippen MR) is 107 cm³/mol. The Labute approximate surface area is 160 Å². The molecule has 2 amide bonds. The fourth-order valence-electron chi connectivity index (χ4n) is 2.72. The zero-order valence-corrected chi connectivity index (χ0v) is 16.2. The molecule has 0 bridgehead atoms. The number of hydrogen-bond donors (Lipinski definition) is 1. The number of anilines is 1. The molecule has 2 aromatic carbocycles. The van der Waals surface area contributed by atoms with E-state index in [9.17, 15) is 9.59 Å². The van der Waals surface area contributed by atoms with Crippen LogP contribution >= 0.6 is 0 Å². The summed E-state index contributed by atoms with van der Waals surface area (Å²) < 4.78 is 0. The van der Waals surface area contributed by atoms with Crippen molar-refractivity contribution in [1.82, 2.24) is 5.32 Å². The van der Waals surface area contributed by atoms with E-state index in [1.165, 1.54) is 12.5 Å². The zero-order chi connectivity index (χ0) is 20.0. The second-order valence-electron chi connectivity index (χ2n) is 7.42. The lowest BCUT2D eigenvalue weighted by molar-refractivity contribution is -0.116. The van der Waals surface area contributed by atoms with Crippen molar-refractivity contribution < 1.29 is 9.59 Å². The van der Waals surface area contributed by atoms with Crippen LogP contribution in [0.3, 0.4) is 0 Å². The van der Waals surface area contributed by atoms with Crippen LogP contribution in [0, 0.1) is 11.3 Å². The fourth-order valence-corrected chi connectivity index (χ4v) is 2.72. The minimum absolute atomic E-state index is 0.0367. The summed E-state index contributed by atoms with van der Waals surface area (Å²) in [6, 6.07) is 16.5. The SMILES string of the molecule is CC(=O)N(CCNC(=O)c1ccc(C(C)(C)C)cc1)c1cccc(C#N)c1. The first-order valence-corrected chi connectivity index (χ1v) is 8.89. The summed E-state index contributed by atoms with van der Waals surface area (Å²) in [5, 5.41) is 11.9. The monoisotopic (exact) mass is 363 g/mol. The Morgan fingerprint density at radius 1 is 1.11 bits per heavy atom. The summed E-state index contributed by atoms with van der Waals surface area (Å²) in [6.45, 7) is 8.48. The van der Waals surface area contributed by atoms with Crippen LogP contribution in [0.25, 0.3) is 0 Å². The van der Waals surface area contributed by atoms with Crippen LogP contribution in [-0.4, -0.2) is 24.9 Å². The van der Waals surface area contributed by atoms with E-state index in [0.717, 1.165) is 0 Å². The Balaban J connectivity index is 1.99. The van der Waals surface area contributed by atoms with Gasteiger partial charge in [0.05, 0.1) is 11.6 Å². The lowest BCUT2D eigenvalue weighted by Crippen LogP contribution is -2.37. The Hall–Kier alpha value is -3.13. The molecule has 140 valence electrons. The normalized spacial score (nSPS) is 10.8. The highest BCUT2D eigenvalue weighted by Gasteiger charge is 2.15. The van der Waals surface area contributed by atoms with Crippen molar-refractivity contribution in [3.05, 3.63) is 65.2 Å². The lowest BCUT2D eigenvalue weighted by atomic mass is 9.87. The van der Waals surface area contributed by atoms with Crippen LogP contribution in [0.5, 0.6) is 0 Å². The van der Waals surface area contributed by atoms with Crippen molar-refractivity contribution in [1.29, 1.82) is 5.26 Å². The molecular weight excluding hydrogens is 338 g/mol. The van der Waals surface area contributed by atoms with E-state index in [1.54, 1.807) is 29.2 Å². The van der Waals surface area contributed by atoms with Gasteiger partial charge in [-0.25, -0.2) is 0 Å². The molecule has 0 saturated heterocycles. The van der Waals surface area contributed by atoms with E-state index in [0.29, 0.717) is 29.9 Å². The number of nitrogens with one attached hydrogen (secondary N) is 1. The molecule has 0 aliphatic rings. The molecule has 0 unspecified atom stereocenters. The first-order valence-electron chi connectivity index (χ1n) is 8.89. The van der Waals surface area contributed by atoms with E-state index in [1.807, 2.05) is 24.3 Å². The Morgan fingerprint density at radius 2 is 1.78 bits per heavy atom. The van der Waals surface area contributed by atoms with Gasteiger partial charge in [0.1, 0.15) is 0 Å². The van der Waals surface area contributed by atoms with Crippen molar-refractivity contribution >= 4 is 17.5 Å². The van der Waals surface area contributed by atoms with E-state index in [2.05, 4.69) is 32.2 Å². The Morgan fingerprint density at radius 3 is 2.33 bits per heavy atom. The highest BCUT2D eigenvalue weighted by atomic mass is 16.2. The van der Waals surface area contributed by atoms with Crippen LogP contribution in [-0.2, 0) is 10.2 Å². The first kappa shape index (κ1) is 20.2. The third kappa shape index (κ3) is 5.42. The lowest BCUT2D eigenvalue weighted by Gasteiger charge is -2.22. The summed E-state index contributed by atoms with van der Waals surface area (Å²) in [6.07, 6.45) is 0. The molecule has 1 N–H and O–H groups in total. The van der Waals surface area contributed by atoms with Crippen molar-refractivity contribution in [2.24, 2.45) is 0 Å². The topological polar surface area (TPSA) is 73.2 Å². The van der Waals surface area contributed by atoms with E-state index >= 15 is 0 Å². The molecule has 0 heterocycles. The summed E-state index contributed by atoms with van der Waals surface area (Å²) >= 11 is 0. The Kier molecular flexibility index (Phi) is 6.36. The summed E-state index contributed by atoms with van der Waals surface area (Å²) in [5.74, 6) is -0.321. The van der Waals surface area contributed by atoms with Crippen molar-refractivity contribution in [3.8, 4) is 6.07 Å². The van der Waals surface area contributed by atoms with Gasteiger partial charge in [-0.05, 0) is 41.3 Å². The second kappa shape index (κ2) is 8.50. The van der Waals surface area contributed by atoms with Crippen molar-refractivity contribution in [3.63, 3.8) is 0 Å². The van der Waals surface area contributed by atoms with Crippen LogP contribution in [0.2, 0.25) is 0 Å². The van der Waals surface area contributed by atoms with Gasteiger partial charge in [-0.15, -0.1) is 0 Å². The number of benzene rings is 2. The van der Waals surface area contributed by atoms with Gasteiger partial charge in [-0.3, -0.25) is 9.59 Å². The molecule has 0 aliphatic carbocycles. The largest absolute Gasteiger partial charge is 0.350 e. The maximum Gasteiger partial charge on any atom is 0.251 e. The molecule has 0 atom stereocenters. The summed E-state index contributed by atoms with van der Waals surface area (Å²) in [4.78, 5) is 25.8. The molecule has 0 aliphatic heterocycles. The molecule has 5 heteroatoms. The average molecular weight is 363 g/mol. The number of nitriles is 1. The molecule has 0 radical (unpaired) electrons. The molecule has 5 nitrogen and oxygen atoms in total. The van der Waals surface area contributed by atoms with E-state index < -0.39 is 0 Å². The quantitative estimate of drug-likeness (QED) is 0.881. The van der Waals surface area contributed by atoms with E-state index in [4.69, 9.17) is 5.26 Å². The molecule has 0 saturated carbocycles. The zero-order valence-electron chi connectivity index (χ0n) is 16.2. The smallest absolute Gasteiger partial charge is 0.251 e. The minimum atomic E-state index is -0.176. The van der Waals surface area contributed by atoms with E-state index in [-0.39, 0.29) is 17.2 Å². The van der Waals surface area contributed by atoms with Crippen molar-refractivity contribution in [2.45, 2.75) is 33.1 Å². The number of nitrogens with zero attached hydrogens (tertiary/aromatic N) is 2. The summed E-state index contributed by atoms with van der Waals surface area (Å²) in [5.41, 5.74) is 2.92. The molecule has 2 aromatic rings.